The van der Waals surface area contributed by atoms with E-state index in [1.807, 2.05) is 18.4 Å². The molecule has 0 atom stereocenters. The van der Waals surface area contributed by atoms with Crippen LogP contribution in [0.1, 0.15) is 11.1 Å². The Morgan fingerprint density at radius 3 is 2.00 bits per heavy atom. The molecule has 3 nitrogen and oxygen atoms in total. The van der Waals surface area contributed by atoms with Gasteiger partial charge in [0.2, 0.25) is 11.8 Å². The fourth-order valence-corrected chi connectivity index (χ4v) is 2.19. The Hall–Kier alpha value is -1.03. The summed E-state index contributed by atoms with van der Waals surface area (Å²) in [7, 11) is 0. The Morgan fingerprint density at radius 1 is 1.15 bits per heavy atom. The molecular formula is C9H11NO2S. The van der Waals surface area contributed by atoms with Gasteiger partial charge in [0.1, 0.15) is 0 Å². The van der Waals surface area contributed by atoms with E-state index in [1.165, 1.54) is 15.9 Å². The van der Waals surface area contributed by atoms with Crippen molar-refractivity contribution in [2.24, 2.45) is 0 Å². The summed E-state index contributed by atoms with van der Waals surface area (Å²) in [4.78, 5) is 0. The molecule has 2 rings (SSSR count). The minimum atomic E-state index is 0.185. The van der Waals surface area contributed by atoms with Crippen LogP contribution in [-0.4, -0.2) is 20.4 Å². The lowest BCUT2D eigenvalue weighted by molar-refractivity contribution is 0.413. The molecule has 0 aliphatic heterocycles. The fourth-order valence-electron chi connectivity index (χ4n) is 1.62. The molecule has 4 heteroatoms. The van der Waals surface area contributed by atoms with Gasteiger partial charge in [-0.2, -0.15) is 0 Å². The molecule has 0 bridgehead atoms. The van der Waals surface area contributed by atoms with Crippen molar-refractivity contribution in [3.05, 3.63) is 23.3 Å². The molecule has 1 aromatic heterocycles. The Balaban J connectivity index is 2.59. The van der Waals surface area contributed by atoms with Crippen LogP contribution >= 0.6 is 11.9 Å². The Kier molecular flexibility index (Phi) is 2.00. The topological polar surface area (TPSA) is 45.4 Å². The Labute approximate surface area is 80.8 Å². The van der Waals surface area contributed by atoms with Gasteiger partial charge in [-0.15, -0.1) is 0 Å². The predicted molar refractivity (Wildman–Crippen MR) is 53.2 cm³/mol. The number of rotatable bonds is 1. The zero-order chi connectivity index (χ0) is 9.42. The summed E-state index contributed by atoms with van der Waals surface area (Å²) < 4.78 is 1.46. The van der Waals surface area contributed by atoms with Crippen LogP contribution in [0.4, 0.5) is 0 Å². The maximum atomic E-state index is 9.70. The molecule has 0 saturated heterocycles. The van der Waals surface area contributed by atoms with Gasteiger partial charge in [-0.3, -0.25) is 0 Å². The van der Waals surface area contributed by atoms with Gasteiger partial charge in [0.05, 0.1) is 0 Å². The van der Waals surface area contributed by atoms with E-state index in [0.29, 0.717) is 12.8 Å². The number of allylic oxidation sites excluding steroid dienone is 2. The highest BCUT2D eigenvalue weighted by Gasteiger charge is 2.21. The molecule has 0 spiro atoms. The summed E-state index contributed by atoms with van der Waals surface area (Å²) in [5, 5.41) is 19.4. The van der Waals surface area contributed by atoms with Crippen molar-refractivity contribution < 1.29 is 10.2 Å². The van der Waals surface area contributed by atoms with Gasteiger partial charge in [0, 0.05) is 17.4 Å². The zero-order valence-electron chi connectivity index (χ0n) is 7.32. The highest BCUT2D eigenvalue weighted by atomic mass is 32.2. The Morgan fingerprint density at radius 2 is 1.62 bits per heavy atom. The van der Waals surface area contributed by atoms with E-state index < -0.39 is 0 Å². The first-order valence-electron chi connectivity index (χ1n) is 4.09. The first-order valence-corrected chi connectivity index (χ1v) is 5.27. The average molecular weight is 197 g/mol. The summed E-state index contributed by atoms with van der Waals surface area (Å²) in [6, 6.07) is 0. The van der Waals surface area contributed by atoms with Crippen LogP contribution < -0.4 is 0 Å². The molecule has 2 N–H and O–H groups in total. The predicted octanol–water partition coefficient (Wildman–Crippen LogP) is 1.68. The molecule has 0 amide bonds. The molecule has 13 heavy (non-hydrogen) atoms. The van der Waals surface area contributed by atoms with Crippen LogP contribution in [-0.2, 0) is 12.8 Å². The Bertz CT molecular complexity index is 337. The summed E-state index contributed by atoms with van der Waals surface area (Å²) in [5.74, 6) is 0.369. The van der Waals surface area contributed by atoms with E-state index in [9.17, 15) is 10.2 Å². The third kappa shape index (κ3) is 1.13. The van der Waals surface area contributed by atoms with Crippen LogP contribution in [0.2, 0.25) is 0 Å². The van der Waals surface area contributed by atoms with Gasteiger partial charge in [-0.05, 0) is 24.8 Å². The minimum absolute atomic E-state index is 0.185. The van der Waals surface area contributed by atoms with E-state index in [1.54, 1.807) is 0 Å². The number of aromatic nitrogens is 1. The van der Waals surface area contributed by atoms with E-state index in [4.69, 9.17) is 0 Å². The largest absolute Gasteiger partial charge is 0.494 e. The SMILES string of the molecule is CSn1c(O)c2c(c1O)CC=CC2. The summed E-state index contributed by atoms with van der Waals surface area (Å²) in [6.07, 6.45) is 7.25. The smallest absolute Gasteiger partial charge is 0.208 e. The quantitative estimate of drug-likeness (QED) is 0.673. The van der Waals surface area contributed by atoms with Crippen molar-refractivity contribution in [3.63, 3.8) is 0 Å². The maximum absolute atomic E-state index is 9.70. The summed E-state index contributed by atoms with van der Waals surface area (Å²) in [6.45, 7) is 0. The van der Waals surface area contributed by atoms with Gasteiger partial charge in [-0.25, -0.2) is 3.97 Å². The second-order valence-electron chi connectivity index (χ2n) is 2.96. The second kappa shape index (κ2) is 3.03. The van der Waals surface area contributed by atoms with E-state index in [2.05, 4.69) is 0 Å². The molecule has 70 valence electrons. The van der Waals surface area contributed by atoms with Gasteiger partial charge < -0.3 is 10.2 Å². The van der Waals surface area contributed by atoms with Crippen LogP contribution in [0.25, 0.3) is 0 Å². The number of aromatic hydroxyl groups is 2. The number of nitrogens with zero attached hydrogens (tertiary/aromatic N) is 1. The molecule has 1 aliphatic carbocycles. The fraction of sp³-hybridized carbons (Fsp3) is 0.333. The second-order valence-corrected chi connectivity index (χ2v) is 3.69. The van der Waals surface area contributed by atoms with Gasteiger partial charge in [0.15, 0.2) is 0 Å². The van der Waals surface area contributed by atoms with Gasteiger partial charge in [0.25, 0.3) is 0 Å². The lowest BCUT2D eigenvalue weighted by atomic mass is 10.0. The normalized spacial score (nSPS) is 14.5. The van der Waals surface area contributed by atoms with Crippen LogP contribution in [0.15, 0.2) is 12.2 Å². The lowest BCUT2D eigenvalue weighted by Gasteiger charge is -2.03. The van der Waals surface area contributed by atoms with Crippen molar-refractivity contribution >= 4 is 11.9 Å². The number of hydrogen-bond donors (Lipinski definition) is 2. The number of fused-ring (bicyclic) bond motifs is 1. The van der Waals surface area contributed by atoms with Crippen molar-refractivity contribution in [1.29, 1.82) is 0 Å². The lowest BCUT2D eigenvalue weighted by Crippen LogP contribution is -1.92. The highest BCUT2D eigenvalue weighted by molar-refractivity contribution is 7.97. The molecule has 1 heterocycles. The molecular weight excluding hydrogens is 186 g/mol. The highest BCUT2D eigenvalue weighted by Crippen LogP contribution is 2.38. The molecule has 0 aromatic carbocycles. The molecule has 1 aliphatic rings. The molecule has 1 aromatic rings. The van der Waals surface area contributed by atoms with Crippen LogP contribution in [0.3, 0.4) is 0 Å². The molecule has 0 unspecified atom stereocenters. The molecule has 0 radical (unpaired) electrons. The first-order chi connectivity index (χ1) is 6.25. The average Bonchev–Trinajstić information content (AvgIpc) is 2.41. The summed E-state index contributed by atoms with van der Waals surface area (Å²) in [5.41, 5.74) is 1.71. The molecule has 0 saturated carbocycles. The monoisotopic (exact) mass is 197 g/mol. The van der Waals surface area contributed by atoms with Crippen molar-refractivity contribution in [3.8, 4) is 11.8 Å². The summed E-state index contributed by atoms with van der Waals surface area (Å²) >= 11 is 1.30. The third-order valence-electron chi connectivity index (χ3n) is 2.28. The van der Waals surface area contributed by atoms with E-state index in [-0.39, 0.29) is 11.8 Å². The van der Waals surface area contributed by atoms with E-state index in [0.717, 1.165) is 11.1 Å². The standard InChI is InChI=1S/C9H11NO2S/c1-13-10-8(11)6-4-2-3-5-7(6)9(10)12/h2-3,11-12H,4-5H2,1H3. The van der Waals surface area contributed by atoms with Crippen molar-refractivity contribution in [1.82, 2.24) is 3.97 Å². The van der Waals surface area contributed by atoms with E-state index >= 15 is 0 Å². The van der Waals surface area contributed by atoms with Gasteiger partial charge in [-0.1, -0.05) is 12.2 Å². The van der Waals surface area contributed by atoms with Crippen molar-refractivity contribution in [2.75, 3.05) is 6.26 Å². The van der Waals surface area contributed by atoms with Crippen LogP contribution in [0, 0.1) is 0 Å². The zero-order valence-corrected chi connectivity index (χ0v) is 8.14. The first kappa shape index (κ1) is 8.56. The van der Waals surface area contributed by atoms with Gasteiger partial charge >= 0.3 is 0 Å². The maximum Gasteiger partial charge on any atom is 0.208 e. The minimum Gasteiger partial charge on any atom is -0.494 e. The van der Waals surface area contributed by atoms with Crippen molar-refractivity contribution in [2.45, 2.75) is 12.8 Å². The third-order valence-corrected chi connectivity index (χ3v) is 2.99. The molecule has 0 fully saturated rings. The number of hydrogen-bond acceptors (Lipinski definition) is 3. The van der Waals surface area contributed by atoms with Crippen LogP contribution in [0.5, 0.6) is 11.8 Å².